The monoisotopic (exact) mass is 276 g/mol. The summed E-state index contributed by atoms with van der Waals surface area (Å²) in [5.41, 5.74) is 2.56. The van der Waals surface area contributed by atoms with E-state index in [9.17, 15) is 4.79 Å². The summed E-state index contributed by atoms with van der Waals surface area (Å²) in [5.74, 6) is 0.402. The molecule has 0 aliphatic carbocycles. The molecule has 0 bridgehead atoms. The van der Waals surface area contributed by atoms with E-state index < -0.39 is 6.10 Å². The van der Waals surface area contributed by atoms with Gasteiger partial charge in [0.2, 0.25) is 0 Å². The van der Waals surface area contributed by atoms with Crippen LogP contribution < -0.4 is 10.6 Å². The number of carbonyl (C=O) groups is 1. The SMILES string of the molecule is O=C(NCCC1CNc2ccccc21)C1COCCO1. The molecule has 2 unspecified atom stereocenters. The maximum absolute atomic E-state index is 11.9. The van der Waals surface area contributed by atoms with Gasteiger partial charge in [-0.05, 0) is 18.1 Å². The molecule has 3 rings (SSSR count). The molecule has 108 valence electrons. The van der Waals surface area contributed by atoms with Gasteiger partial charge in [0.1, 0.15) is 0 Å². The van der Waals surface area contributed by atoms with Crippen molar-refractivity contribution < 1.29 is 14.3 Å². The van der Waals surface area contributed by atoms with Crippen LogP contribution >= 0.6 is 0 Å². The molecule has 2 aliphatic heterocycles. The van der Waals surface area contributed by atoms with E-state index in [4.69, 9.17) is 9.47 Å². The van der Waals surface area contributed by atoms with E-state index in [0.29, 0.717) is 32.3 Å². The summed E-state index contributed by atoms with van der Waals surface area (Å²) in [6, 6.07) is 8.35. The molecule has 1 amide bonds. The van der Waals surface area contributed by atoms with Crippen LogP contribution in [-0.2, 0) is 14.3 Å². The van der Waals surface area contributed by atoms with E-state index in [0.717, 1.165) is 13.0 Å². The van der Waals surface area contributed by atoms with Gasteiger partial charge in [0.05, 0.1) is 19.8 Å². The van der Waals surface area contributed by atoms with Crippen molar-refractivity contribution in [1.29, 1.82) is 0 Å². The van der Waals surface area contributed by atoms with Crippen molar-refractivity contribution in [2.75, 3.05) is 38.2 Å². The van der Waals surface area contributed by atoms with Crippen LogP contribution in [0.3, 0.4) is 0 Å². The number of amides is 1. The highest BCUT2D eigenvalue weighted by atomic mass is 16.6. The zero-order valence-electron chi connectivity index (χ0n) is 11.4. The van der Waals surface area contributed by atoms with E-state index in [1.165, 1.54) is 11.3 Å². The number of ether oxygens (including phenoxy) is 2. The summed E-state index contributed by atoms with van der Waals surface area (Å²) in [6.45, 7) is 3.05. The zero-order valence-corrected chi connectivity index (χ0v) is 11.4. The van der Waals surface area contributed by atoms with Gasteiger partial charge in [-0.1, -0.05) is 18.2 Å². The van der Waals surface area contributed by atoms with Crippen LogP contribution in [0.5, 0.6) is 0 Å². The van der Waals surface area contributed by atoms with Crippen LogP contribution in [0.4, 0.5) is 5.69 Å². The van der Waals surface area contributed by atoms with Crippen molar-refractivity contribution in [3.63, 3.8) is 0 Å². The van der Waals surface area contributed by atoms with Gasteiger partial charge in [-0.3, -0.25) is 4.79 Å². The fraction of sp³-hybridized carbons (Fsp3) is 0.533. The summed E-state index contributed by atoms with van der Waals surface area (Å²) < 4.78 is 10.6. The Morgan fingerprint density at radius 3 is 3.10 bits per heavy atom. The van der Waals surface area contributed by atoms with Gasteiger partial charge in [-0.15, -0.1) is 0 Å². The zero-order chi connectivity index (χ0) is 13.8. The Morgan fingerprint density at radius 2 is 2.25 bits per heavy atom. The Morgan fingerprint density at radius 1 is 1.35 bits per heavy atom. The second-order valence-electron chi connectivity index (χ2n) is 5.18. The number of fused-ring (bicyclic) bond motifs is 1. The summed E-state index contributed by atoms with van der Waals surface area (Å²) in [5, 5.41) is 6.33. The highest BCUT2D eigenvalue weighted by Gasteiger charge is 2.24. The third-order valence-corrected chi connectivity index (χ3v) is 3.84. The smallest absolute Gasteiger partial charge is 0.251 e. The maximum atomic E-state index is 11.9. The maximum Gasteiger partial charge on any atom is 0.251 e. The first-order valence-corrected chi connectivity index (χ1v) is 7.14. The highest BCUT2D eigenvalue weighted by Crippen LogP contribution is 2.32. The summed E-state index contributed by atoms with van der Waals surface area (Å²) in [4.78, 5) is 11.9. The van der Waals surface area contributed by atoms with Crippen molar-refractivity contribution in [3.8, 4) is 0 Å². The average molecular weight is 276 g/mol. The number of nitrogens with one attached hydrogen (secondary N) is 2. The van der Waals surface area contributed by atoms with Crippen molar-refractivity contribution in [2.45, 2.75) is 18.4 Å². The van der Waals surface area contributed by atoms with E-state index in [1.54, 1.807) is 0 Å². The second-order valence-corrected chi connectivity index (χ2v) is 5.18. The lowest BCUT2D eigenvalue weighted by Crippen LogP contribution is -2.43. The molecule has 2 N–H and O–H groups in total. The third-order valence-electron chi connectivity index (χ3n) is 3.84. The number of rotatable bonds is 4. The van der Waals surface area contributed by atoms with Crippen molar-refractivity contribution in [3.05, 3.63) is 29.8 Å². The van der Waals surface area contributed by atoms with E-state index in [1.807, 2.05) is 6.07 Å². The first-order chi connectivity index (χ1) is 9.84. The quantitative estimate of drug-likeness (QED) is 0.865. The highest BCUT2D eigenvalue weighted by molar-refractivity contribution is 5.81. The molecular formula is C15H20N2O3. The molecule has 1 aromatic rings. The molecule has 2 aliphatic rings. The average Bonchev–Trinajstić information content (AvgIpc) is 2.92. The van der Waals surface area contributed by atoms with Gasteiger partial charge in [0.15, 0.2) is 6.10 Å². The molecule has 2 atom stereocenters. The molecule has 0 aromatic heterocycles. The molecule has 20 heavy (non-hydrogen) atoms. The predicted octanol–water partition coefficient (Wildman–Crippen LogP) is 1.12. The van der Waals surface area contributed by atoms with Gasteiger partial charge in [-0.2, -0.15) is 0 Å². The lowest BCUT2D eigenvalue weighted by atomic mass is 9.98. The molecule has 1 saturated heterocycles. The number of para-hydroxylation sites is 1. The molecule has 1 fully saturated rings. The Bertz CT molecular complexity index is 472. The topological polar surface area (TPSA) is 59.6 Å². The molecule has 0 radical (unpaired) electrons. The first-order valence-electron chi connectivity index (χ1n) is 7.14. The van der Waals surface area contributed by atoms with Crippen molar-refractivity contribution in [2.24, 2.45) is 0 Å². The standard InChI is InChI=1S/C15H20N2O3/c18-15(14-10-19-7-8-20-14)16-6-5-11-9-17-13-4-2-1-3-12(11)13/h1-4,11,14,17H,5-10H2,(H,16,18). The van der Waals surface area contributed by atoms with E-state index >= 15 is 0 Å². The molecule has 5 heteroatoms. The van der Waals surface area contributed by atoms with Crippen LogP contribution in [-0.4, -0.2) is 44.9 Å². The van der Waals surface area contributed by atoms with Gasteiger partial charge in [-0.25, -0.2) is 0 Å². The molecule has 1 aromatic carbocycles. The van der Waals surface area contributed by atoms with Gasteiger partial charge in [0.25, 0.3) is 5.91 Å². The molecule has 0 saturated carbocycles. The lowest BCUT2D eigenvalue weighted by molar-refractivity contribution is -0.147. The van der Waals surface area contributed by atoms with Crippen LogP contribution in [0.1, 0.15) is 17.9 Å². The minimum Gasteiger partial charge on any atom is -0.384 e. The van der Waals surface area contributed by atoms with Crippen LogP contribution in [0.25, 0.3) is 0 Å². The Balaban J connectivity index is 1.45. The molecular weight excluding hydrogens is 256 g/mol. The van der Waals surface area contributed by atoms with E-state index in [-0.39, 0.29) is 5.91 Å². The van der Waals surface area contributed by atoms with Crippen LogP contribution in [0, 0.1) is 0 Å². The minimum atomic E-state index is -0.447. The van der Waals surface area contributed by atoms with Crippen LogP contribution in [0.15, 0.2) is 24.3 Å². The normalized spacial score (nSPS) is 24.8. The summed E-state index contributed by atoms with van der Waals surface area (Å²) >= 11 is 0. The summed E-state index contributed by atoms with van der Waals surface area (Å²) in [7, 11) is 0. The fourth-order valence-corrected chi connectivity index (χ4v) is 2.74. The Hall–Kier alpha value is -1.59. The lowest BCUT2D eigenvalue weighted by Gasteiger charge is -2.22. The second kappa shape index (κ2) is 6.24. The Kier molecular flexibility index (Phi) is 4.18. The van der Waals surface area contributed by atoms with Gasteiger partial charge in [0, 0.05) is 24.7 Å². The van der Waals surface area contributed by atoms with Gasteiger partial charge < -0.3 is 20.1 Å². The molecule has 5 nitrogen and oxygen atoms in total. The van der Waals surface area contributed by atoms with Crippen molar-refractivity contribution in [1.82, 2.24) is 5.32 Å². The van der Waals surface area contributed by atoms with E-state index in [2.05, 4.69) is 28.8 Å². The number of carbonyl (C=O) groups excluding carboxylic acids is 1. The minimum absolute atomic E-state index is 0.0658. The number of hydrogen-bond acceptors (Lipinski definition) is 4. The predicted molar refractivity (Wildman–Crippen MR) is 75.9 cm³/mol. The largest absolute Gasteiger partial charge is 0.384 e. The Labute approximate surface area is 118 Å². The first kappa shape index (κ1) is 13.4. The third kappa shape index (κ3) is 2.94. The number of benzene rings is 1. The molecule has 2 heterocycles. The number of hydrogen-bond donors (Lipinski definition) is 2. The summed E-state index contributed by atoms with van der Waals surface area (Å²) in [6.07, 6.45) is 0.487. The fourth-order valence-electron chi connectivity index (χ4n) is 2.74. The van der Waals surface area contributed by atoms with Crippen LogP contribution in [0.2, 0.25) is 0 Å². The van der Waals surface area contributed by atoms with Crippen molar-refractivity contribution >= 4 is 11.6 Å². The van der Waals surface area contributed by atoms with Gasteiger partial charge >= 0.3 is 0 Å². The molecule has 0 spiro atoms. The number of anilines is 1.